The fourth-order valence-corrected chi connectivity index (χ4v) is 3.24. The zero-order valence-electron chi connectivity index (χ0n) is 10.7. The zero-order chi connectivity index (χ0) is 12.4. The quantitative estimate of drug-likeness (QED) is 0.890. The Kier molecular flexibility index (Phi) is 3.84. The summed E-state index contributed by atoms with van der Waals surface area (Å²) in [7, 11) is 1.91. The maximum Gasteiger partial charge on any atom is 0.227 e. The number of hydrogen-bond donors (Lipinski definition) is 1. The molecule has 17 heavy (non-hydrogen) atoms. The second-order valence-electron chi connectivity index (χ2n) is 4.96. The molecule has 1 saturated heterocycles. The molecule has 2 rings (SSSR count). The Morgan fingerprint density at radius 2 is 2.35 bits per heavy atom. The average molecular weight is 252 g/mol. The van der Waals surface area contributed by atoms with Crippen LogP contribution in [0.2, 0.25) is 0 Å². The van der Waals surface area contributed by atoms with E-state index in [0.717, 1.165) is 19.6 Å². The lowest BCUT2D eigenvalue weighted by molar-refractivity contribution is -0.135. The van der Waals surface area contributed by atoms with Crippen LogP contribution in [-0.4, -0.2) is 30.9 Å². The molecular weight excluding hydrogens is 232 g/mol. The predicted octanol–water partition coefficient (Wildman–Crippen LogP) is 1.87. The molecule has 1 aromatic rings. The van der Waals surface area contributed by atoms with Gasteiger partial charge in [0, 0.05) is 18.5 Å². The van der Waals surface area contributed by atoms with Gasteiger partial charge in [0.1, 0.15) is 0 Å². The van der Waals surface area contributed by atoms with Crippen molar-refractivity contribution in [3.8, 4) is 0 Å². The van der Waals surface area contributed by atoms with Crippen LogP contribution in [0.4, 0.5) is 0 Å². The first kappa shape index (κ1) is 12.6. The highest BCUT2D eigenvalue weighted by atomic mass is 32.1. The number of carbonyl (C=O) groups excluding carboxylic acids is 1. The standard InChI is InChI=1S/C13H20N2OS/c1-9-4-5-17-12(9)8-15(3)13(16)11-7-14-6-10(11)2/h4-5,10-11,14H,6-8H2,1-3H3. The Labute approximate surface area is 107 Å². The lowest BCUT2D eigenvalue weighted by Crippen LogP contribution is -2.35. The van der Waals surface area contributed by atoms with E-state index in [9.17, 15) is 4.79 Å². The van der Waals surface area contributed by atoms with Gasteiger partial charge < -0.3 is 10.2 Å². The van der Waals surface area contributed by atoms with Crippen molar-refractivity contribution in [1.82, 2.24) is 10.2 Å². The maximum absolute atomic E-state index is 12.3. The third-order valence-electron chi connectivity index (χ3n) is 3.56. The largest absolute Gasteiger partial charge is 0.340 e. The summed E-state index contributed by atoms with van der Waals surface area (Å²) in [5.74, 6) is 0.880. The van der Waals surface area contributed by atoms with Crippen molar-refractivity contribution in [2.45, 2.75) is 20.4 Å². The zero-order valence-corrected chi connectivity index (χ0v) is 11.5. The third-order valence-corrected chi connectivity index (χ3v) is 4.57. The average Bonchev–Trinajstić information content (AvgIpc) is 2.88. The fourth-order valence-electron chi connectivity index (χ4n) is 2.28. The Morgan fingerprint density at radius 3 is 2.88 bits per heavy atom. The summed E-state index contributed by atoms with van der Waals surface area (Å²) < 4.78 is 0. The first-order valence-corrected chi connectivity index (χ1v) is 6.96. The molecule has 94 valence electrons. The van der Waals surface area contributed by atoms with Gasteiger partial charge in [0.15, 0.2) is 0 Å². The Balaban J connectivity index is 1.98. The van der Waals surface area contributed by atoms with Crippen molar-refractivity contribution in [1.29, 1.82) is 0 Å². The Bertz CT molecular complexity index is 402. The van der Waals surface area contributed by atoms with Crippen LogP contribution in [0.1, 0.15) is 17.4 Å². The highest BCUT2D eigenvalue weighted by Gasteiger charge is 2.31. The van der Waals surface area contributed by atoms with Crippen LogP contribution in [0.25, 0.3) is 0 Å². The Morgan fingerprint density at radius 1 is 1.59 bits per heavy atom. The molecule has 0 spiro atoms. The van der Waals surface area contributed by atoms with Gasteiger partial charge in [0.2, 0.25) is 5.91 Å². The second kappa shape index (κ2) is 5.19. The molecule has 3 nitrogen and oxygen atoms in total. The normalized spacial score (nSPS) is 23.9. The molecule has 1 N–H and O–H groups in total. The minimum atomic E-state index is 0.153. The summed E-state index contributed by atoms with van der Waals surface area (Å²) in [6, 6.07) is 2.11. The van der Waals surface area contributed by atoms with E-state index < -0.39 is 0 Å². The molecule has 0 aromatic carbocycles. The van der Waals surface area contributed by atoms with Gasteiger partial charge in [0.05, 0.1) is 12.5 Å². The molecule has 1 aliphatic rings. The molecule has 0 aliphatic carbocycles. The number of nitrogens with one attached hydrogen (secondary N) is 1. The van der Waals surface area contributed by atoms with Gasteiger partial charge in [-0.1, -0.05) is 6.92 Å². The van der Waals surface area contributed by atoms with Crippen LogP contribution in [-0.2, 0) is 11.3 Å². The number of thiophene rings is 1. The van der Waals surface area contributed by atoms with Gasteiger partial charge in [-0.15, -0.1) is 11.3 Å². The smallest absolute Gasteiger partial charge is 0.227 e. The van der Waals surface area contributed by atoms with E-state index in [0.29, 0.717) is 5.92 Å². The Hall–Kier alpha value is -0.870. The molecule has 2 atom stereocenters. The van der Waals surface area contributed by atoms with Crippen molar-refractivity contribution in [2.75, 3.05) is 20.1 Å². The van der Waals surface area contributed by atoms with Crippen molar-refractivity contribution in [3.63, 3.8) is 0 Å². The molecule has 0 bridgehead atoms. The topological polar surface area (TPSA) is 32.3 Å². The summed E-state index contributed by atoms with van der Waals surface area (Å²) in [5.41, 5.74) is 1.28. The predicted molar refractivity (Wildman–Crippen MR) is 71.1 cm³/mol. The first-order valence-electron chi connectivity index (χ1n) is 6.08. The van der Waals surface area contributed by atoms with E-state index in [1.54, 1.807) is 11.3 Å². The van der Waals surface area contributed by atoms with Crippen LogP contribution in [0.15, 0.2) is 11.4 Å². The van der Waals surface area contributed by atoms with E-state index in [4.69, 9.17) is 0 Å². The summed E-state index contributed by atoms with van der Waals surface area (Å²) in [5, 5.41) is 5.37. The van der Waals surface area contributed by atoms with E-state index >= 15 is 0 Å². The van der Waals surface area contributed by atoms with Crippen LogP contribution in [0.5, 0.6) is 0 Å². The number of aryl methyl sites for hydroxylation is 1. The van der Waals surface area contributed by atoms with Crippen molar-refractivity contribution in [3.05, 3.63) is 21.9 Å². The van der Waals surface area contributed by atoms with E-state index in [1.807, 2.05) is 11.9 Å². The number of carbonyl (C=O) groups is 1. The summed E-state index contributed by atoms with van der Waals surface area (Å²) >= 11 is 1.73. The summed E-state index contributed by atoms with van der Waals surface area (Å²) in [6.07, 6.45) is 0. The highest BCUT2D eigenvalue weighted by Crippen LogP contribution is 2.21. The van der Waals surface area contributed by atoms with E-state index in [-0.39, 0.29) is 11.8 Å². The molecular formula is C13H20N2OS. The fraction of sp³-hybridized carbons (Fsp3) is 0.615. The van der Waals surface area contributed by atoms with E-state index in [2.05, 4.69) is 30.6 Å². The lowest BCUT2D eigenvalue weighted by atomic mass is 9.97. The minimum absolute atomic E-state index is 0.153. The first-order chi connectivity index (χ1) is 8.09. The van der Waals surface area contributed by atoms with Gasteiger partial charge >= 0.3 is 0 Å². The van der Waals surface area contributed by atoms with Crippen LogP contribution >= 0.6 is 11.3 Å². The minimum Gasteiger partial charge on any atom is -0.340 e. The van der Waals surface area contributed by atoms with Gasteiger partial charge in [-0.05, 0) is 36.4 Å². The molecule has 1 fully saturated rings. The van der Waals surface area contributed by atoms with Gasteiger partial charge in [-0.2, -0.15) is 0 Å². The van der Waals surface area contributed by atoms with Crippen LogP contribution in [0, 0.1) is 18.8 Å². The molecule has 1 amide bonds. The van der Waals surface area contributed by atoms with Gasteiger partial charge in [-0.3, -0.25) is 4.79 Å². The van der Waals surface area contributed by atoms with Crippen molar-refractivity contribution >= 4 is 17.2 Å². The molecule has 0 radical (unpaired) electrons. The second-order valence-corrected chi connectivity index (χ2v) is 5.96. The third kappa shape index (κ3) is 2.69. The maximum atomic E-state index is 12.3. The van der Waals surface area contributed by atoms with E-state index in [1.165, 1.54) is 10.4 Å². The number of amides is 1. The molecule has 1 aliphatic heterocycles. The number of nitrogens with zero attached hydrogens (tertiary/aromatic N) is 1. The van der Waals surface area contributed by atoms with Gasteiger partial charge in [-0.25, -0.2) is 0 Å². The van der Waals surface area contributed by atoms with Crippen molar-refractivity contribution < 1.29 is 4.79 Å². The SMILES string of the molecule is Cc1ccsc1CN(C)C(=O)C1CNCC1C. The molecule has 0 saturated carbocycles. The summed E-state index contributed by atoms with van der Waals surface area (Å²) in [4.78, 5) is 15.4. The van der Waals surface area contributed by atoms with Crippen LogP contribution in [0.3, 0.4) is 0 Å². The molecule has 4 heteroatoms. The number of hydrogen-bond acceptors (Lipinski definition) is 3. The molecule has 2 unspecified atom stereocenters. The molecule has 1 aromatic heterocycles. The highest BCUT2D eigenvalue weighted by molar-refractivity contribution is 7.10. The summed E-state index contributed by atoms with van der Waals surface area (Å²) in [6.45, 7) is 6.78. The van der Waals surface area contributed by atoms with Crippen LogP contribution < -0.4 is 5.32 Å². The lowest BCUT2D eigenvalue weighted by Gasteiger charge is -2.22. The van der Waals surface area contributed by atoms with Gasteiger partial charge in [0.25, 0.3) is 0 Å². The van der Waals surface area contributed by atoms with Crippen molar-refractivity contribution in [2.24, 2.45) is 11.8 Å². The number of rotatable bonds is 3. The molecule has 2 heterocycles. The monoisotopic (exact) mass is 252 g/mol.